The molecule has 6 rings (SSSR count). The minimum absolute atomic E-state index is 0. The van der Waals surface area contributed by atoms with E-state index in [-0.39, 0.29) is 31.2 Å². The Balaban J connectivity index is 0.000000250. The maximum Gasteiger partial charge on any atom is 0.214 e. The number of nitrogens with zero attached hydrogens (tertiary/aromatic N) is 3. The molecule has 0 fully saturated rings. The molecule has 4 aromatic heterocycles. The monoisotopic (exact) mass is 843 g/mol. The van der Waals surface area contributed by atoms with Crippen molar-refractivity contribution in [1.82, 2.24) is 15.0 Å². The third-order valence-electron chi connectivity index (χ3n) is 7.35. The maximum absolute atomic E-state index is 13.6. The van der Waals surface area contributed by atoms with E-state index in [0.29, 0.717) is 22.0 Å². The van der Waals surface area contributed by atoms with Crippen molar-refractivity contribution in [2.24, 2.45) is 11.3 Å². The molecule has 0 saturated carbocycles. The minimum atomic E-state index is -2.51. The number of rotatable bonds is 6. The number of hydrogen-bond acceptors (Lipinski definition) is 4. The van der Waals surface area contributed by atoms with Crippen molar-refractivity contribution < 1.29 is 31.3 Å². The second-order valence-corrected chi connectivity index (χ2v) is 20.1. The fourth-order valence-electron chi connectivity index (χ4n) is 5.37. The first-order valence-electron chi connectivity index (χ1n) is 18.1. The molecule has 0 aliphatic carbocycles. The molecule has 0 unspecified atom stereocenters. The van der Waals surface area contributed by atoms with E-state index in [1.165, 1.54) is 40.4 Å². The summed E-state index contributed by atoms with van der Waals surface area (Å²) in [6.07, 6.45) is 2.55. The fourth-order valence-corrected chi connectivity index (χ4v) is 8.13. The maximum atomic E-state index is 13.6. The average Bonchev–Trinajstić information content (AvgIpc) is 3.41. The summed E-state index contributed by atoms with van der Waals surface area (Å²) in [6.45, 7) is 14.4. The van der Waals surface area contributed by atoms with Crippen LogP contribution in [0.5, 0.6) is 0 Å². The van der Waals surface area contributed by atoms with Crippen LogP contribution < -0.4 is 5.19 Å². The summed E-state index contributed by atoms with van der Waals surface area (Å²) >= 11 is 1.30. The summed E-state index contributed by atoms with van der Waals surface area (Å²) in [6, 6.07) is 24.8. The van der Waals surface area contributed by atoms with Crippen LogP contribution in [0.15, 0.2) is 73.1 Å². The molecule has 3 nitrogen and oxygen atoms in total. The van der Waals surface area contributed by atoms with Gasteiger partial charge in [0.25, 0.3) is 0 Å². The first-order chi connectivity index (χ1) is 23.7. The molecule has 4 heterocycles. The molecule has 247 valence electrons. The number of halogens is 1. The minimum Gasteiger partial charge on any atom is -0.305 e. The van der Waals surface area contributed by atoms with Gasteiger partial charge >= 0.3 is 0 Å². The molecular formula is C40H44FIrN3SSi-2. The number of aryl methyl sites for hydroxylation is 1. The van der Waals surface area contributed by atoms with Crippen LogP contribution in [0.3, 0.4) is 0 Å². The normalized spacial score (nSPS) is 14.0. The van der Waals surface area contributed by atoms with Crippen molar-refractivity contribution in [1.29, 1.82) is 0 Å². The predicted octanol–water partition coefficient (Wildman–Crippen LogP) is 10.6. The first kappa shape index (κ1) is 30.0. The molecule has 1 radical (unpaired) electrons. The van der Waals surface area contributed by atoms with Gasteiger partial charge in [-0.05, 0) is 69.9 Å². The quantitative estimate of drug-likeness (QED) is 0.0953. The van der Waals surface area contributed by atoms with Gasteiger partial charge in [-0.25, -0.2) is 4.98 Å². The summed E-state index contributed by atoms with van der Waals surface area (Å²) in [7, 11) is -1.34. The van der Waals surface area contributed by atoms with Gasteiger partial charge in [0, 0.05) is 44.7 Å². The molecule has 0 spiro atoms. The Morgan fingerprint density at radius 2 is 1.68 bits per heavy atom. The number of pyridine rings is 3. The van der Waals surface area contributed by atoms with E-state index in [4.69, 9.17) is 6.85 Å². The Kier molecular flexibility index (Phi) is 9.57. The third kappa shape index (κ3) is 9.08. The Labute approximate surface area is 305 Å². The summed E-state index contributed by atoms with van der Waals surface area (Å²) in [5.74, 6) is 0.102. The van der Waals surface area contributed by atoms with Crippen molar-refractivity contribution in [2.45, 2.75) is 73.9 Å². The van der Waals surface area contributed by atoms with E-state index in [2.05, 4.69) is 78.9 Å². The van der Waals surface area contributed by atoms with E-state index < -0.39 is 32.7 Å². The number of thiophene rings is 1. The molecule has 2 aromatic carbocycles. The molecule has 0 N–H and O–H groups in total. The van der Waals surface area contributed by atoms with Gasteiger partial charge in [0.15, 0.2) is 0 Å². The summed E-state index contributed by atoms with van der Waals surface area (Å²) < 4.78 is 55.4. The Morgan fingerprint density at radius 3 is 2.34 bits per heavy atom. The topological polar surface area (TPSA) is 38.7 Å². The number of benzene rings is 2. The van der Waals surface area contributed by atoms with E-state index >= 15 is 0 Å². The van der Waals surface area contributed by atoms with Crippen LogP contribution in [-0.4, -0.2) is 23.0 Å². The molecule has 6 aromatic rings. The van der Waals surface area contributed by atoms with Gasteiger partial charge in [-0.2, -0.15) is 15.7 Å². The van der Waals surface area contributed by atoms with Crippen molar-refractivity contribution >= 4 is 44.9 Å². The van der Waals surface area contributed by atoms with Crippen molar-refractivity contribution in [3.63, 3.8) is 0 Å². The smallest absolute Gasteiger partial charge is 0.214 e. The summed E-state index contributed by atoms with van der Waals surface area (Å²) in [4.78, 5) is 13.6. The number of fused-ring (bicyclic) bond motifs is 3. The molecule has 0 atom stereocenters. The van der Waals surface area contributed by atoms with Crippen molar-refractivity contribution in [2.75, 3.05) is 0 Å². The molecule has 47 heavy (non-hydrogen) atoms. The molecule has 0 amide bonds. The molecule has 0 bridgehead atoms. The van der Waals surface area contributed by atoms with E-state index in [9.17, 15) is 4.39 Å². The van der Waals surface area contributed by atoms with Crippen LogP contribution in [0.4, 0.5) is 4.39 Å². The van der Waals surface area contributed by atoms with Gasteiger partial charge in [0.2, 0.25) is 5.95 Å². The third-order valence-corrected chi connectivity index (χ3v) is 10.5. The fraction of sp³-hybridized carbons (Fsp3) is 0.325. The van der Waals surface area contributed by atoms with Gasteiger partial charge in [-0.1, -0.05) is 82.9 Å². The van der Waals surface area contributed by atoms with Gasteiger partial charge < -0.3 is 9.97 Å². The van der Waals surface area contributed by atoms with Crippen LogP contribution >= 0.6 is 11.3 Å². The average molecular weight is 843 g/mol. The van der Waals surface area contributed by atoms with Gasteiger partial charge in [-0.3, -0.25) is 0 Å². The Bertz CT molecular complexity index is 2180. The van der Waals surface area contributed by atoms with Crippen LogP contribution in [0.1, 0.15) is 58.2 Å². The van der Waals surface area contributed by atoms with Gasteiger partial charge in [0.05, 0.1) is 8.07 Å². The Hall–Kier alpha value is -3.09. The Morgan fingerprint density at radius 1 is 0.936 bits per heavy atom. The van der Waals surface area contributed by atoms with Crippen LogP contribution in [-0.2, 0) is 32.9 Å². The van der Waals surface area contributed by atoms with Gasteiger partial charge in [0.1, 0.15) is 4.83 Å². The number of aromatic nitrogens is 3. The second kappa shape index (κ2) is 15.0. The number of hydrogen-bond donors (Lipinski definition) is 0. The van der Waals surface area contributed by atoms with Crippen LogP contribution in [0.2, 0.25) is 19.6 Å². The molecular weight excluding hydrogens is 794 g/mol. The molecule has 0 aliphatic rings. The van der Waals surface area contributed by atoms with Crippen molar-refractivity contribution in [3.05, 3.63) is 108 Å². The van der Waals surface area contributed by atoms with Crippen LogP contribution in [0, 0.1) is 36.3 Å². The zero-order valence-corrected chi connectivity index (χ0v) is 32.4. The van der Waals surface area contributed by atoms with E-state index in [0.717, 1.165) is 33.2 Å². The first-order valence-corrected chi connectivity index (χ1v) is 19.9. The second-order valence-electron chi connectivity index (χ2n) is 14.0. The predicted molar refractivity (Wildman–Crippen MR) is 197 cm³/mol. The van der Waals surface area contributed by atoms with E-state index in [1.54, 1.807) is 32.9 Å². The van der Waals surface area contributed by atoms with Crippen molar-refractivity contribution in [3.8, 4) is 22.5 Å². The summed E-state index contributed by atoms with van der Waals surface area (Å²) in [5.41, 5.74) is 3.74. The standard InChI is InChI=1S/C22H20FN2S.C18H24NSi.Ir/c1-13-12-24-18(10-14(13)11-22(2,3)4)17-7-5-6-15-16-8-9-19(23)25-21(16)26-20(15)17;1-14(2)11-16-12-17(15-9-7-6-8-10-15)19-13-18(16)20(3,4)5;/h5-6,8-10,12H,11H2,1-4H3;6-9,12-14H,11H2,1-5H3;/q2*-1;/i1D3,11D2;;. The summed E-state index contributed by atoms with van der Waals surface area (Å²) in [5, 5.41) is 3.16. The van der Waals surface area contributed by atoms with Crippen LogP contribution in [0.25, 0.3) is 42.8 Å². The van der Waals surface area contributed by atoms with Gasteiger partial charge in [-0.15, -0.1) is 59.7 Å². The largest absolute Gasteiger partial charge is 0.305 e. The zero-order chi connectivity index (χ0) is 37.5. The zero-order valence-electron chi connectivity index (χ0n) is 33.2. The SMILES string of the molecule is CC(C)Cc1cc(-c2[c-]cccc2)ncc1[Si](C)(C)C.[2H]C([2H])([2H])c1cnc(-c2[c-]ccc3c2sc2nc(F)ccc23)cc1C([2H])([2H])C(C)(C)C.[Ir]. The molecule has 0 saturated heterocycles. The molecule has 0 aliphatic heterocycles. The van der Waals surface area contributed by atoms with E-state index in [1.807, 2.05) is 24.3 Å². The molecule has 7 heteroatoms.